The average molecular weight is 278 g/mol. The zero-order chi connectivity index (χ0) is 13.4. The Bertz CT molecular complexity index is 585. The van der Waals surface area contributed by atoms with Gasteiger partial charge in [0.25, 0.3) is 0 Å². The van der Waals surface area contributed by atoms with Crippen LogP contribution in [0, 0.1) is 0 Å². The van der Waals surface area contributed by atoms with Crippen molar-refractivity contribution in [3.8, 4) is 0 Å². The van der Waals surface area contributed by atoms with Crippen LogP contribution in [-0.4, -0.2) is 42.3 Å². The molecule has 0 amide bonds. The van der Waals surface area contributed by atoms with Gasteiger partial charge >= 0.3 is 0 Å². The fourth-order valence-electron chi connectivity index (χ4n) is 2.37. The van der Waals surface area contributed by atoms with Gasteiger partial charge in [0.05, 0.1) is 24.1 Å². The van der Waals surface area contributed by atoms with E-state index < -0.39 is 0 Å². The number of rotatable bonds is 2. The van der Waals surface area contributed by atoms with Crippen molar-refractivity contribution in [1.29, 1.82) is 0 Å². The van der Waals surface area contributed by atoms with E-state index in [9.17, 15) is 0 Å². The Morgan fingerprint density at radius 1 is 1.42 bits per heavy atom. The number of thiophene rings is 1. The number of morpholine rings is 1. The number of nitrogens with zero attached hydrogens (tertiary/aromatic N) is 3. The molecule has 1 saturated heterocycles. The summed E-state index contributed by atoms with van der Waals surface area (Å²) in [5.74, 6) is 1.69. The molecule has 2 aromatic rings. The van der Waals surface area contributed by atoms with Gasteiger partial charge in [-0.3, -0.25) is 0 Å². The molecule has 1 aliphatic heterocycles. The maximum absolute atomic E-state index is 5.69. The topological polar surface area (TPSA) is 50.3 Å². The second-order valence-corrected chi connectivity index (χ2v) is 5.80. The molecule has 3 rings (SSSR count). The number of hydrogen-bond acceptors (Lipinski definition) is 6. The molecule has 0 aliphatic carbocycles. The highest BCUT2D eigenvalue weighted by atomic mass is 32.1. The van der Waals surface area contributed by atoms with Gasteiger partial charge in [0, 0.05) is 13.6 Å². The van der Waals surface area contributed by atoms with Crippen molar-refractivity contribution < 1.29 is 4.74 Å². The Morgan fingerprint density at radius 2 is 2.26 bits per heavy atom. The molecule has 0 saturated carbocycles. The van der Waals surface area contributed by atoms with Crippen LogP contribution in [0.3, 0.4) is 0 Å². The summed E-state index contributed by atoms with van der Waals surface area (Å²) in [5, 5.41) is 6.24. The Labute approximate surface area is 116 Å². The van der Waals surface area contributed by atoms with E-state index in [0.29, 0.717) is 12.0 Å². The molecule has 5 nitrogen and oxygen atoms in total. The van der Waals surface area contributed by atoms with Gasteiger partial charge in [-0.1, -0.05) is 0 Å². The third-order valence-electron chi connectivity index (χ3n) is 3.41. The van der Waals surface area contributed by atoms with Gasteiger partial charge in [0.15, 0.2) is 0 Å². The fourth-order valence-corrected chi connectivity index (χ4v) is 3.13. The van der Waals surface area contributed by atoms with E-state index in [4.69, 9.17) is 4.74 Å². The van der Waals surface area contributed by atoms with Gasteiger partial charge in [0.2, 0.25) is 5.95 Å². The van der Waals surface area contributed by atoms with Crippen LogP contribution in [-0.2, 0) is 4.74 Å². The molecular weight excluding hydrogens is 260 g/mol. The van der Waals surface area contributed by atoms with Crippen LogP contribution in [0.1, 0.15) is 13.8 Å². The molecule has 3 heterocycles. The van der Waals surface area contributed by atoms with Crippen LogP contribution >= 0.6 is 11.3 Å². The molecule has 2 atom stereocenters. The lowest BCUT2D eigenvalue weighted by Crippen LogP contribution is -2.47. The van der Waals surface area contributed by atoms with E-state index in [0.717, 1.165) is 29.2 Å². The van der Waals surface area contributed by atoms with E-state index in [-0.39, 0.29) is 6.10 Å². The Balaban J connectivity index is 2.09. The fraction of sp³-hybridized carbons (Fsp3) is 0.538. The minimum Gasteiger partial charge on any atom is -0.375 e. The third-order valence-corrected chi connectivity index (χ3v) is 4.22. The average Bonchev–Trinajstić information content (AvgIpc) is 2.88. The standard InChI is InChI=1S/C13H18N4OS/c1-8-7-18-9(2)6-17(8)11-10-4-5-19-12(10)16-13(14-3)15-11/h4-5,8-9H,6-7H2,1-3H3,(H,14,15,16). The second-order valence-electron chi connectivity index (χ2n) is 4.91. The molecule has 0 radical (unpaired) electrons. The van der Waals surface area contributed by atoms with Crippen molar-refractivity contribution in [3.63, 3.8) is 0 Å². The van der Waals surface area contributed by atoms with Crippen molar-refractivity contribution in [2.45, 2.75) is 26.0 Å². The predicted molar refractivity (Wildman–Crippen MR) is 79.2 cm³/mol. The van der Waals surface area contributed by atoms with Crippen LogP contribution in [0.15, 0.2) is 11.4 Å². The highest BCUT2D eigenvalue weighted by molar-refractivity contribution is 7.16. The number of anilines is 2. The molecule has 0 aromatic carbocycles. The molecule has 1 aliphatic rings. The van der Waals surface area contributed by atoms with Crippen LogP contribution < -0.4 is 10.2 Å². The van der Waals surface area contributed by atoms with Gasteiger partial charge in [0.1, 0.15) is 10.6 Å². The van der Waals surface area contributed by atoms with Crippen LogP contribution in [0.2, 0.25) is 0 Å². The van der Waals surface area contributed by atoms with Crippen LogP contribution in [0.5, 0.6) is 0 Å². The summed E-state index contributed by atoms with van der Waals surface area (Å²) in [7, 11) is 1.85. The molecule has 1 N–H and O–H groups in total. The van der Waals surface area contributed by atoms with E-state index in [2.05, 4.69) is 45.5 Å². The molecule has 19 heavy (non-hydrogen) atoms. The van der Waals surface area contributed by atoms with E-state index in [1.807, 2.05) is 7.05 Å². The Hall–Kier alpha value is -1.40. The smallest absolute Gasteiger partial charge is 0.225 e. The summed E-state index contributed by atoms with van der Waals surface area (Å²) < 4.78 is 5.69. The molecule has 2 unspecified atom stereocenters. The Morgan fingerprint density at radius 3 is 3.05 bits per heavy atom. The molecule has 102 valence electrons. The van der Waals surface area contributed by atoms with Crippen molar-refractivity contribution >= 4 is 33.3 Å². The lowest BCUT2D eigenvalue weighted by Gasteiger charge is -2.38. The minimum absolute atomic E-state index is 0.234. The van der Waals surface area contributed by atoms with Gasteiger partial charge in [-0.25, -0.2) is 4.98 Å². The zero-order valence-corrected chi connectivity index (χ0v) is 12.2. The van der Waals surface area contributed by atoms with E-state index in [1.54, 1.807) is 11.3 Å². The van der Waals surface area contributed by atoms with Crippen molar-refractivity contribution in [2.75, 3.05) is 30.4 Å². The van der Waals surface area contributed by atoms with Crippen LogP contribution in [0.4, 0.5) is 11.8 Å². The van der Waals surface area contributed by atoms with E-state index >= 15 is 0 Å². The number of ether oxygens (including phenoxy) is 1. The normalized spacial score (nSPS) is 23.8. The number of nitrogens with one attached hydrogen (secondary N) is 1. The number of aromatic nitrogens is 2. The van der Waals surface area contributed by atoms with Gasteiger partial charge in [-0.2, -0.15) is 4.98 Å². The highest BCUT2D eigenvalue weighted by Crippen LogP contribution is 2.31. The first-order chi connectivity index (χ1) is 9.19. The molecule has 6 heteroatoms. The maximum Gasteiger partial charge on any atom is 0.225 e. The molecule has 0 spiro atoms. The lowest BCUT2D eigenvalue weighted by molar-refractivity contribution is 0.0342. The first-order valence-electron chi connectivity index (χ1n) is 6.50. The first kappa shape index (κ1) is 12.6. The predicted octanol–water partition coefficient (Wildman–Crippen LogP) is 2.35. The maximum atomic E-state index is 5.69. The van der Waals surface area contributed by atoms with Gasteiger partial charge in [-0.15, -0.1) is 11.3 Å². The SMILES string of the molecule is CNc1nc(N2CC(C)OCC2C)c2ccsc2n1. The van der Waals surface area contributed by atoms with Crippen molar-refractivity contribution in [1.82, 2.24) is 9.97 Å². The Kier molecular flexibility index (Phi) is 3.28. The van der Waals surface area contributed by atoms with Gasteiger partial charge < -0.3 is 15.0 Å². The largest absolute Gasteiger partial charge is 0.375 e. The van der Waals surface area contributed by atoms with Crippen molar-refractivity contribution in [3.05, 3.63) is 11.4 Å². The minimum atomic E-state index is 0.234. The molecule has 1 fully saturated rings. The molecule has 2 aromatic heterocycles. The lowest BCUT2D eigenvalue weighted by atomic mass is 10.2. The van der Waals surface area contributed by atoms with E-state index in [1.165, 1.54) is 0 Å². The third kappa shape index (κ3) is 2.26. The first-order valence-corrected chi connectivity index (χ1v) is 7.38. The highest BCUT2D eigenvalue weighted by Gasteiger charge is 2.26. The molecular formula is C13H18N4OS. The van der Waals surface area contributed by atoms with Crippen molar-refractivity contribution in [2.24, 2.45) is 0 Å². The zero-order valence-electron chi connectivity index (χ0n) is 11.4. The summed E-state index contributed by atoms with van der Waals surface area (Å²) >= 11 is 1.65. The van der Waals surface area contributed by atoms with Crippen LogP contribution in [0.25, 0.3) is 10.2 Å². The summed E-state index contributed by atoms with van der Waals surface area (Å²) in [5.41, 5.74) is 0. The quantitative estimate of drug-likeness (QED) is 0.914. The summed E-state index contributed by atoms with van der Waals surface area (Å²) in [4.78, 5) is 12.5. The second kappa shape index (κ2) is 4.94. The van der Waals surface area contributed by atoms with Gasteiger partial charge in [-0.05, 0) is 25.3 Å². The number of hydrogen-bond donors (Lipinski definition) is 1. The summed E-state index contributed by atoms with van der Waals surface area (Å²) in [6.45, 7) is 5.88. The molecule has 0 bridgehead atoms. The summed E-state index contributed by atoms with van der Waals surface area (Å²) in [6.07, 6.45) is 0.234. The monoisotopic (exact) mass is 278 g/mol. The number of fused-ring (bicyclic) bond motifs is 1. The summed E-state index contributed by atoms with van der Waals surface area (Å²) in [6, 6.07) is 2.43.